The Morgan fingerprint density at radius 1 is 1.12 bits per heavy atom. The van der Waals surface area contributed by atoms with E-state index in [1.54, 1.807) is 36.7 Å². The molecule has 2 heterocycles. The molecule has 4 aromatic rings. The smallest absolute Gasteiger partial charge is 0.417 e. The summed E-state index contributed by atoms with van der Waals surface area (Å²) >= 11 is 5.65. The zero-order chi connectivity index (χ0) is 22.9. The van der Waals surface area contributed by atoms with Gasteiger partial charge in [-0.1, -0.05) is 17.7 Å². The van der Waals surface area contributed by atoms with Gasteiger partial charge in [0.2, 0.25) is 0 Å². The highest BCUT2D eigenvalue weighted by Crippen LogP contribution is 2.36. The fourth-order valence-corrected chi connectivity index (χ4v) is 3.49. The van der Waals surface area contributed by atoms with Gasteiger partial charge < -0.3 is 14.5 Å². The van der Waals surface area contributed by atoms with Crippen molar-refractivity contribution in [1.82, 2.24) is 9.97 Å². The number of ketones is 1. The number of alkyl halides is 3. The standard InChI is InChI=1S/C23H16ClF3N2O3/c1-31-20-10-14(21(30)16-11-29-22-15(16)3-2-8-28-22)5-7-19(20)32-12-13-4-6-18(24)17(9-13)23(25,26)27/h2-11H,12H2,1H3,(H,28,29). The average Bonchev–Trinajstić information content (AvgIpc) is 3.21. The van der Waals surface area contributed by atoms with Crippen molar-refractivity contribution in [2.75, 3.05) is 7.11 Å². The summed E-state index contributed by atoms with van der Waals surface area (Å²) in [6, 6.07) is 11.7. The van der Waals surface area contributed by atoms with Crippen LogP contribution < -0.4 is 9.47 Å². The minimum absolute atomic E-state index is 0.141. The molecule has 9 heteroatoms. The number of rotatable bonds is 6. The van der Waals surface area contributed by atoms with E-state index in [1.165, 1.54) is 25.3 Å². The quantitative estimate of drug-likeness (QED) is 0.355. The van der Waals surface area contributed by atoms with E-state index < -0.39 is 11.7 Å². The van der Waals surface area contributed by atoms with Crippen molar-refractivity contribution >= 4 is 28.4 Å². The van der Waals surface area contributed by atoms with Gasteiger partial charge in [-0.25, -0.2) is 4.98 Å². The summed E-state index contributed by atoms with van der Waals surface area (Å²) in [5.41, 5.74) is 0.787. The molecule has 0 amide bonds. The molecule has 32 heavy (non-hydrogen) atoms. The summed E-state index contributed by atoms with van der Waals surface area (Å²) in [6.07, 6.45) is -1.35. The highest BCUT2D eigenvalue weighted by Gasteiger charge is 2.33. The number of carbonyl (C=O) groups excluding carboxylic acids is 1. The van der Waals surface area contributed by atoms with Crippen LogP contribution in [0.2, 0.25) is 5.02 Å². The molecule has 2 aromatic heterocycles. The number of nitrogens with one attached hydrogen (secondary N) is 1. The third-order valence-corrected chi connectivity index (χ3v) is 5.18. The number of methoxy groups -OCH3 is 1. The number of carbonyl (C=O) groups is 1. The van der Waals surface area contributed by atoms with E-state index in [4.69, 9.17) is 21.1 Å². The van der Waals surface area contributed by atoms with Gasteiger partial charge in [0, 0.05) is 28.9 Å². The average molecular weight is 461 g/mol. The Bertz CT molecular complexity index is 1300. The third-order valence-electron chi connectivity index (χ3n) is 4.85. The molecule has 0 aliphatic rings. The number of H-pyrrole nitrogens is 1. The molecule has 1 N–H and O–H groups in total. The van der Waals surface area contributed by atoms with Crippen LogP contribution in [0.5, 0.6) is 11.5 Å². The molecule has 2 aromatic carbocycles. The van der Waals surface area contributed by atoms with Gasteiger partial charge in [-0.2, -0.15) is 13.2 Å². The van der Waals surface area contributed by atoms with E-state index in [-0.39, 0.29) is 34.5 Å². The predicted molar refractivity (Wildman–Crippen MR) is 113 cm³/mol. The van der Waals surface area contributed by atoms with Crippen LogP contribution in [0.15, 0.2) is 60.9 Å². The maximum absolute atomic E-state index is 13.1. The molecule has 0 atom stereocenters. The lowest BCUT2D eigenvalue weighted by molar-refractivity contribution is -0.137. The van der Waals surface area contributed by atoms with E-state index in [2.05, 4.69) is 9.97 Å². The normalized spacial score (nSPS) is 11.5. The maximum atomic E-state index is 13.1. The van der Waals surface area contributed by atoms with Crippen LogP contribution in [0.4, 0.5) is 13.2 Å². The van der Waals surface area contributed by atoms with Crippen molar-refractivity contribution in [3.05, 3.63) is 88.2 Å². The molecular formula is C23H16ClF3N2O3. The first-order chi connectivity index (χ1) is 15.3. The van der Waals surface area contributed by atoms with Crippen LogP contribution in [-0.4, -0.2) is 22.9 Å². The second-order valence-electron chi connectivity index (χ2n) is 6.90. The lowest BCUT2D eigenvalue weighted by Gasteiger charge is -2.14. The predicted octanol–water partition coefficient (Wildman–Crippen LogP) is 6.05. The Balaban J connectivity index is 1.56. The van der Waals surface area contributed by atoms with E-state index in [0.717, 1.165) is 6.07 Å². The van der Waals surface area contributed by atoms with Crippen molar-refractivity contribution < 1.29 is 27.4 Å². The van der Waals surface area contributed by atoms with Crippen molar-refractivity contribution in [3.8, 4) is 11.5 Å². The summed E-state index contributed by atoms with van der Waals surface area (Å²) < 4.78 is 50.2. The number of aromatic nitrogens is 2. The number of hydrogen-bond acceptors (Lipinski definition) is 4. The summed E-state index contributed by atoms with van der Waals surface area (Å²) in [5.74, 6) is 0.327. The lowest BCUT2D eigenvalue weighted by atomic mass is 10.0. The zero-order valence-electron chi connectivity index (χ0n) is 16.7. The molecule has 0 unspecified atom stereocenters. The van der Waals surface area contributed by atoms with Crippen LogP contribution >= 0.6 is 11.6 Å². The van der Waals surface area contributed by atoms with Gasteiger partial charge in [0.25, 0.3) is 0 Å². The molecule has 0 spiro atoms. The Morgan fingerprint density at radius 2 is 1.94 bits per heavy atom. The first kappa shape index (κ1) is 21.7. The van der Waals surface area contributed by atoms with E-state index in [9.17, 15) is 18.0 Å². The second kappa shape index (κ2) is 8.55. The number of hydrogen-bond donors (Lipinski definition) is 1. The number of aromatic amines is 1. The van der Waals surface area contributed by atoms with Crippen LogP contribution in [-0.2, 0) is 12.8 Å². The molecule has 5 nitrogen and oxygen atoms in total. The maximum Gasteiger partial charge on any atom is 0.417 e. The number of halogens is 4. The first-order valence-electron chi connectivity index (χ1n) is 9.41. The van der Waals surface area contributed by atoms with E-state index in [1.807, 2.05) is 0 Å². The molecular weight excluding hydrogens is 445 g/mol. The molecule has 0 saturated heterocycles. The number of nitrogens with zero attached hydrogens (tertiary/aromatic N) is 1. The summed E-state index contributed by atoms with van der Waals surface area (Å²) in [5, 5.41) is 0.314. The van der Waals surface area contributed by atoms with Gasteiger partial charge in [0.1, 0.15) is 12.3 Å². The van der Waals surface area contributed by atoms with Crippen LogP contribution in [0.3, 0.4) is 0 Å². The van der Waals surface area contributed by atoms with E-state index in [0.29, 0.717) is 22.2 Å². The highest BCUT2D eigenvalue weighted by molar-refractivity contribution is 6.31. The van der Waals surface area contributed by atoms with Crippen LogP contribution in [0, 0.1) is 0 Å². The largest absolute Gasteiger partial charge is 0.493 e. The monoisotopic (exact) mass is 460 g/mol. The summed E-state index contributed by atoms with van der Waals surface area (Å²) in [7, 11) is 1.41. The van der Waals surface area contributed by atoms with Gasteiger partial charge in [-0.3, -0.25) is 4.79 Å². The molecule has 0 aliphatic heterocycles. The highest BCUT2D eigenvalue weighted by atomic mass is 35.5. The van der Waals surface area contributed by atoms with E-state index >= 15 is 0 Å². The number of fused-ring (bicyclic) bond motifs is 1. The number of benzene rings is 2. The van der Waals surface area contributed by atoms with Gasteiger partial charge in [0.15, 0.2) is 17.3 Å². The molecule has 4 rings (SSSR count). The molecule has 0 fully saturated rings. The Kier molecular flexibility index (Phi) is 5.80. The van der Waals surface area contributed by atoms with Crippen molar-refractivity contribution in [2.45, 2.75) is 12.8 Å². The van der Waals surface area contributed by atoms with Crippen LogP contribution in [0.25, 0.3) is 11.0 Å². The molecule has 164 valence electrons. The number of ether oxygens (including phenoxy) is 2. The summed E-state index contributed by atoms with van der Waals surface area (Å²) in [6.45, 7) is -0.141. The van der Waals surface area contributed by atoms with Crippen molar-refractivity contribution in [3.63, 3.8) is 0 Å². The molecule has 0 radical (unpaired) electrons. The van der Waals surface area contributed by atoms with Crippen LogP contribution in [0.1, 0.15) is 27.0 Å². The van der Waals surface area contributed by atoms with Crippen molar-refractivity contribution in [2.24, 2.45) is 0 Å². The minimum Gasteiger partial charge on any atom is -0.493 e. The first-order valence-corrected chi connectivity index (χ1v) is 9.79. The Morgan fingerprint density at radius 3 is 2.69 bits per heavy atom. The number of pyridine rings is 1. The molecule has 0 aliphatic carbocycles. The Labute approximate surface area is 185 Å². The minimum atomic E-state index is -4.56. The fraction of sp³-hybridized carbons (Fsp3) is 0.130. The molecule has 0 saturated carbocycles. The SMILES string of the molecule is COc1cc(C(=O)c2c[nH]c3ncccc23)ccc1OCc1ccc(Cl)c(C(F)(F)F)c1. The Hall–Kier alpha value is -3.52. The second-order valence-corrected chi connectivity index (χ2v) is 7.30. The topological polar surface area (TPSA) is 64.2 Å². The van der Waals surface area contributed by atoms with Gasteiger partial charge in [-0.05, 0) is 48.0 Å². The summed E-state index contributed by atoms with van der Waals surface area (Å²) in [4.78, 5) is 20.1. The van der Waals surface area contributed by atoms with Gasteiger partial charge >= 0.3 is 6.18 Å². The fourth-order valence-electron chi connectivity index (χ4n) is 3.27. The zero-order valence-corrected chi connectivity index (χ0v) is 17.4. The lowest BCUT2D eigenvalue weighted by Crippen LogP contribution is -2.07. The molecule has 0 bridgehead atoms. The van der Waals surface area contributed by atoms with Gasteiger partial charge in [0.05, 0.1) is 17.7 Å². The van der Waals surface area contributed by atoms with Crippen molar-refractivity contribution in [1.29, 1.82) is 0 Å². The van der Waals surface area contributed by atoms with Gasteiger partial charge in [-0.15, -0.1) is 0 Å². The third kappa shape index (κ3) is 4.27.